The van der Waals surface area contributed by atoms with Crippen molar-refractivity contribution in [2.24, 2.45) is 0 Å². The molecule has 1 saturated heterocycles. The van der Waals surface area contributed by atoms with Crippen molar-refractivity contribution in [2.75, 3.05) is 52.7 Å². The van der Waals surface area contributed by atoms with Crippen LogP contribution in [-0.4, -0.2) is 69.9 Å². The predicted octanol–water partition coefficient (Wildman–Crippen LogP) is 0.896. The number of hydrogen-bond acceptors (Lipinski definition) is 6. The quantitative estimate of drug-likeness (QED) is 0.633. The standard InChI is InChI=1S/C18H27ClN4O3/c1-21-5-7-23-6-3-14(15(10-23)25-2)22-18(24)12-9-13(19)16(20)11-4-8-26-17(11)12/h9,14-15,21H,3-8,10,20H2,1-2H3,(H,22,24)/t14-,15+/m1/s1. The molecule has 0 aromatic heterocycles. The molecule has 2 aliphatic rings. The van der Waals surface area contributed by atoms with Gasteiger partial charge in [0.1, 0.15) is 5.75 Å². The zero-order chi connectivity index (χ0) is 18.7. The van der Waals surface area contributed by atoms with Crippen molar-refractivity contribution in [3.8, 4) is 5.75 Å². The zero-order valence-electron chi connectivity index (χ0n) is 15.3. The Morgan fingerprint density at radius 1 is 1.54 bits per heavy atom. The topological polar surface area (TPSA) is 88.9 Å². The number of benzene rings is 1. The molecule has 2 heterocycles. The van der Waals surface area contributed by atoms with Gasteiger partial charge in [-0.1, -0.05) is 11.6 Å². The van der Waals surface area contributed by atoms with Crippen LogP contribution in [0.3, 0.4) is 0 Å². The smallest absolute Gasteiger partial charge is 0.255 e. The number of amides is 1. The number of nitrogen functional groups attached to an aromatic ring is 1. The number of nitrogens with zero attached hydrogens (tertiary/aromatic N) is 1. The van der Waals surface area contributed by atoms with E-state index in [9.17, 15) is 4.79 Å². The first kappa shape index (κ1) is 19.2. The van der Waals surface area contributed by atoms with Crippen molar-refractivity contribution in [3.05, 3.63) is 22.2 Å². The number of carbonyl (C=O) groups is 1. The summed E-state index contributed by atoms with van der Waals surface area (Å²) in [7, 11) is 3.63. The first-order valence-electron chi connectivity index (χ1n) is 8.99. The average Bonchev–Trinajstić information content (AvgIpc) is 3.13. The summed E-state index contributed by atoms with van der Waals surface area (Å²) in [4.78, 5) is 15.2. The number of hydrogen-bond donors (Lipinski definition) is 3. The second-order valence-corrected chi connectivity index (χ2v) is 7.18. The van der Waals surface area contributed by atoms with Crippen LogP contribution in [0.25, 0.3) is 0 Å². The van der Waals surface area contributed by atoms with Gasteiger partial charge in [-0.2, -0.15) is 0 Å². The van der Waals surface area contributed by atoms with Crippen molar-refractivity contribution in [1.29, 1.82) is 0 Å². The average molecular weight is 383 g/mol. The van der Waals surface area contributed by atoms with Gasteiger partial charge in [0.2, 0.25) is 0 Å². The van der Waals surface area contributed by atoms with Gasteiger partial charge in [0.25, 0.3) is 5.91 Å². The Balaban J connectivity index is 1.70. The number of fused-ring (bicyclic) bond motifs is 1. The van der Waals surface area contributed by atoms with Crippen LogP contribution in [0.15, 0.2) is 6.07 Å². The van der Waals surface area contributed by atoms with Gasteiger partial charge >= 0.3 is 0 Å². The van der Waals surface area contributed by atoms with E-state index < -0.39 is 0 Å². The number of carbonyl (C=O) groups excluding carboxylic acids is 1. The highest BCUT2D eigenvalue weighted by Gasteiger charge is 2.32. The zero-order valence-corrected chi connectivity index (χ0v) is 16.1. The Labute approximate surface area is 159 Å². The number of nitrogens with two attached hydrogens (primary N) is 1. The highest BCUT2D eigenvalue weighted by Crippen LogP contribution is 2.38. The van der Waals surface area contributed by atoms with E-state index in [1.165, 1.54) is 0 Å². The molecule has 8 heteroatoms. The third-order valence-corrected chi connectivity index (χ3v) is 5.47. The molecule has 1 amide bonds. The van der Waals surface area contributed by atoms with E-state index >= 15 is 0 Å². The Hall–Kier alpha value is -1.54. The number of likely N-dealkylation sites (tertiary alicyclic amines) is 1. The number of anilines is 1. The van der Waals surface area contributed by atoms with Gasteiger partial charge in [0.15, 0.2) is 0 Å². The number of piperidine rings is 1. The molecule has 1 aromatic carbocycles. The van der Waals surface area contributed by atoms with E-state index in [0.717, 1.165) is 38.2 Å². The van der Waals surface area contributed by atoms with E-state index in [2.05, 4.69) is 15.5 Å². The monoisotopic (exact) mass is 382 g/mol. The van der Waals surface area contributed by atoms with Crippen molar-refractivity contribution < 1.29 is 14.3 Å². The Bertz CT molecular complexity index is 670. The molecule has 0 bridgehead atoms. The van der Waals surface area contributed by atoms with Crippen LogP contribution in [0.1, 0.15) is 22.3 Å². The number of methoxy groups -OCH3 is 1. The van der Waals surface area contributed by atoms with Gasteiger partial charge in [-0.25, -0.2) is 0 Å². The Kier molecular flexibility index (Phi) is 6.24. The molecule has 144 valence electrons. The molecule has 7 nitrogen and oxygen atoms in total. The first-order chi connectivity index (χ1) is 12.5. The summed E-state index contributed by atoms with van der Waals surface area (Å²) in [6.07, 6.45) is 1.45. The van der Waals surface area contributed by atoms with Crippen LogP contribution >= 0.6 is 11.6 Å². The minimum absolute atomic E-state index is 0.0493. The summed E-state index contributed by atoms with van der Waals surface area (Å²) >= 11 is 6.21. The summed E-state index contributed by atoms with van der Waals surface area (Å²) in [5, 5.41) is 6.65. The summed E-state index contributed by atoms with van der Waals surface area (Å²) < 4.78 is 11.3. The van der Waals surface area contributed by atoms with Gasteiger partial charge in [-0.05, 0) is 19.5 Å². The maximum atomic E-state index is 12.9. The van der Waals surface area contributed by atoms with E-state index in [1.807, 2.05) is 7.05 Å². The molecule has 1 aromatic rings. The van der Waals surface area contributed by atoms with Crippen molar-refractivity contribution in [2.45, 2.75) is 25.0 Å². The fourth-order valence-electron chi connectivity index (χ4n) is 3.64. The fraction of sp³-hybridized carbons (Fsp3) is 0.611. The fourth-order valence-corrected chi connectivity index (χ4v) is 3.86. The molecule has 2 atom stereocenters. The normalized spacial score (nSPS) is 22.7. The molecular weight excluding hydrogens is 356 g/mol. The van der Waals surface area contributed by atoms with E-state index in [1.54, 1.807) is 13.2 Å². The van der Waals surface area contributed by atoms with Crippen molar-refractivity contribution in [3.63, 3.8) is 0 Å². The Morgan fingerprint density at radius 3 is 3.08 bits per heavy atom. The number of likely N-dealkylation sites (N-methyl/N-ethyl adjacent to an activating group) is 1. The highest BCUT2D eigenvalue weighted by molar-refractivity contribution is 6.33. The van der Waals surface area contributed by atoms with Crippen LogP contribution < -0.4 is 21.1 Å². The van der Waals surface area contributed by atoms with E-state index in [4.69, 9.17) is 26.8 Å². The lowest BCUT2D eigenvalue weighted by atomic mass is 10.00. The largest absolute Gasteiger partial charge is 0.492 e. The molecule has 3 rings (SSSR count). The second kappa shape index (κ2) is 8.43. The first-order valence-corrected chi connectivity index (χ1v) is 9.37. The maximum absolute atomic E-state index is 12.9. The minimum Gasteiger partial charge on any atom is -0.492 e. The SMILES string of the molecule is CNCCN1CC[C@@H](NC(=O)c2cc(Cl)c(N)c3c2OCC3)[C@@H](OC)C1. The molecule has 2 aliphatic heterocycles. The maximum Gasteiger partial charge on any atom is 0.255 e. The number of ether oxygens (including phenoxy) is 2. The highest BCUT2D eigenvalue weighted by atomic mass is 35.5. The van der Waals surface area contributed by atoms with Crippen LogP contribution in [0.2, 0.25) is 5.02 Å². The summed E-state index contributed by atoms with van der Waals surface area (Å²) in [6.45, 7) is 4.13. The molecule has 0 aliphatic carbocycles. The summed E-state index contributed by atoms with van der Waals surface area (Å²) in [5.41, 5.74) is 7.79. The summed E-state index contributed by atoms with van der Waals surface area (Å²) in [5.74, 6) is 0.366. The molecule has 0 spiro atoms. The molecule has 4 N–H and O–H groups in total. The lowest BCUT2D eigenvalue weighted by Gasteiger charge is -2.38. The number of nitrogens with one attached hydrogen (secondary N) is 2. The van der Waals surface area contributed by atoms with Crippen LogP contribution in [0, 0.1) is 0 Å². The molecular formula is C18H27ClN4O3. The third kappa shape index (κ3) is 3.91. The number of rotatable bonds is 6. The van der Waals surface area contributed by atoms with Gasteiger partial charge in [0.05, 0.1) is 35.0 Å². The van der Waals surface area contributed by atoms with Gasteiger partial charge in [-0.3, -0.25) is 9.69 Å². The summed E-state index contributed by atoms with van der Waals surface area (Å²) in [6, 6.07) is 1.55. The molecule has 0 radical (unpaired) electrons. The van der Waals surface area contributed by atoms with E-state index in [-0.39, 0.29) is 18.1 Å². The van der Waals surface area contributed by atoms with Crippen LogP contribution in [-0.2, 0) is 11.2 Å². The van der Waals surface area contributed by atoms with Gasteiger partial charge in [0, 0.05) is 45.3 Å². The molecule has 0 saturated carbocycles. The van der Waals surface area contributed by atoms with Gasteiger partial charge < -0.3 is 25.8 Å². The Morgan fingerprint density at radius 2 is 2.35 bits per heavy atom. The third-order valence-electron chi connectivity index (χ3n) is 5.16. The van der Waals surface area contributed by atoms with E-state index in [0.29, 0.717) is 35.1 Å². The minimum atomic E-state index is -0.194. The second-order valence-electron chi connectivity index (χ2n) is 6.77. The molecule has 1 fully saturated rings. The molecule has 26 heavy (non-hydrogen) atoms. The lowest BCUT2D eigenvalue weighted by Crippen LogP contribution is -2.55. The predicted molar refractivity (Wildman–Crippen MR) is 102 cm³/mol. The number of halogens is 1. The van der Waals surface area contributed by atoms with Crippen LogP contribution in [0.5, 0.6) is 5.75 Å². The van der Waals surface area contributed by atoms with Gasteiger partial charge in [-0.15, -0.1) is 0 Å². The lowest BCUT2D eigenvalue weighted by molar-refractivity contribution is 0.00691. The van der Waals surface area contributed by atoms with Crippen LogP contribution in [0.4, 0.5) is 5.69 Å². The van der Waals surface area contributed by atoms with Crippen molar-refractivity contribution >= 4 is 23.2 Å². The molecule has 0 unspecified atom stereocenters. The van der Waals surface area contributed by atoms with Crippen molar-refractivity contribution in [1.82, 2.24) is 15.5 Å².